The van der Waals surface area contributed by atoms with Crippen LogP contribution in [0.2, 0.25) is 0 Å². The van der Waals surface area contributed by atoms with Gasteiger partial charge in [-0.2, -0.15) is 0 Å². The number of hydrogen-bond donors (Lipinski definition) is 2. The summed E-state index contributed by atoms with van der Waals surface area (Å²) in [5.41, 5.74) is 1.28. The first-order valence-electron chi connectivity index (χ1n) is 9.50. The largest absolute Gasteiger partial charge is 0.507 e. The maximum Gasteiger partial charge on any atom is 0.295 e. The molecule has 1 amide bonds. The summed E-state index contributed by atoms with van der Waals surface area (Å²) in [5.74, 6) is -0.280. The molecule has 0 spiro atoms. The highest BCUT2D eigenvalue weighted by molar-refractivity contribution is 6.46. The third-order valence-corrected chi connectivity index (χ3v) is 5.15. The smallest absolute Gasteiger partial charge is 0.295 e. The zero-order chi connectivity index (χ0) is 20.5. The Labute approximate surface area is 168 Å². The molecule has 2 aliphatic rings. The van der Waals surface area contributed by atoms with Crippen molar-refractivity contribution < 1.29 is 29.1 Å². The van der Waals surface area contributed by atoms with Gasteiger partial charge in [-0.1, -0.05) is 36.4 Å². The normalized spacial score (nSPS) is 20.0. The number of nitrogens with one attached hydrogen (secondary N) is 1. The third-order valence-electron chi connectivity index (χ3n) is 5.15. The van der Waals surface area contributed by atoms with E-state index < -0.39 is 17.7 Å². The highest BCUT2D eigenvalue weighted by Gasteiger charge is 2.46. The van der Waals surface area contributed by atoms with Crippen molar-refractivity contribution in [3.8, 4) is 11.5 Å². The van der Waals surface area contributed by atoms with Crippen LogP contribution in [0.4, 0.5) is 0 Å². The molecule has 0 unspecified atom stereocenters. The summed E-state index contributed by atoms with van der Waals surface area (Å²) in [6.07, 6.45) is 0. The van der Waals surface area contributed by atoms with Crippen LogP contribution in [-0.4, -0.2) is 55.7 Å². The summed E-state index contributed by atoms with van der Waals surface area (Å²) in [7, 11) is 3.96. The molecule has 1 saturated heterocycles. The van der Waals surface area contributed by atoms with Crippen molar-refractivity contribution >= 4 is 17.4 Å². The van der Waals surface area contributed by atoms with Gasteiger partial charge in [-0.05, 0) is 17.7 Å². The average Bonchev–Trinajstić information content (AvgIpc) is 3.29. The summed E-state index contributed by atoms with van der Waals surface area (Å²) in [4.78, 5) is 28.4. The standard InChI is InChI=1S/C22H22N2O5/c1-23(2)10-11-24-19(15-8-9-16-17(12-15)29-13-28-16)18(21(26)22(24)27)20(25)14-6-4-3-5-7-14/h3-9,12,19,25H,10-11,13H2,1-2H3/p+1/t19-/m0/s1. The van der Waals surface area contributed by atoms with Gasteiger partial charge in [0, 0.05) is 5.56 Å². The number of likely N-dealkylation sites (N-methyl/N-ethyl adjacent to an activating group) is 1. The van der Waals surface area contributed by atoms with Gasteiger partial charge >= 0.3 is 0 Å². The molecule has 7 heteroatoms. The van der Waals surface area contributed by atoms with Crippen LogP contribution < -0.4 is 14.4 Å². The topological polar surface area (TPSA) is 80.5 Å². The molecule has 1 atom stereocenters. The van der Waals surface area contributed by atoms with Gasteiger partial charge in [-0.25, -0.2) is 0 Å². The van der Waals surface area contributed by atoms with E-state index >= 15 is 0 Å². The summed E-state index contributed by atoms with van der Waals surface area (Å²) in [6.45, 7) is 1.18. The van der Waals surface area contributed by atoms with E-state index in [1.54, 1.807) is 42.5 Å². The Kier molecular flexibility index (Phi) is 4.98. The predicted octanol–water partition coefficient (Wildman–Crippen LogP) is 0.982. The number of likely N-dealkylation sites (tertiary alicyclic amines) is 1. The van der Waals surface area contributed by atoms with Gasteiger partial charge in [0.25, 0.3) is 11.7 Å². The Balaban J connectivity index is 1.84. The van der Waals surface area contributed by atoms with Gasteiger partial charge in [-0.15, -0.1) is 0 Å². The molecule has 0 bridgehead atoms. The lowest BCUT2D eigenvalue weighted by Crippen LogP contribution is -3.06. The fourth-order valence-electron chi connectivity index (χ4n) is 3.64. The maximum atomic E-state index is 12.9. The number of nitrogens with zero attached hydrogens (tertiary/aromatic N) is 1. The number of ketones is 1. The van der Waals surface area contributed by atoms with Crippen LogP contribution in [0.3, 0.4) is 0 Å². The lowest BCUT2D eigenvalue weighted by Gasteiger charge is -2.25. The maximum absolute atomic E-state index is 12.9. The highest BCUT2D eigenvalue weighted by Crippen LogP contribution is 2.42. The van der Waals surface area contributed by atoms with Crippen molar-refractivity contribution in [2.24, 2.45) is 0 Å². The molecule has 2 aromatic rings. The molecular formula is C22H23N2O5+. The molecule has 0 aliphatic carbocycles. The number of fused-ring (bicyclic) bond motifs is 1. The molecule has 1 fully saturated rings. The van der Waals surface area contributed by atoms with Crippen molar-refractivity contribution in [3.63, 3.8) is 0 Å². The number of carbonyl (C=O) groups excluding carboxylic acids is 2. The van der Waals surface area contributed by atoms with Crippen LogP contribution in [0.5, 0.6) is 11.5 Å². The molecular weight excluding hydrogens is 372 g/mol. The summed E-state index contributed by atoms with van der Waals surface area (Å²) < 4.78 is 10.8. The van der Waals surface area contributed by atoms with Gasteiger partial charge in [0.2, 0.25) is 6.79 Å². The average molecular weight is 395 g/mol. The molecule has 2 N–H and O–H groups in total. The van der Waals surface area contributed by atoms with E-state index in [9.17, 15) is 14.7 Å². The number of ether oxygens (including phenoxy) is 2. The van der Waals surface area contributed by atoms with E-state index in [4.69, 9.17) is 9.47 Å². The second-order valence-corrected chi connectivity index (χ2v) is 7.43. The minimum atomic E-state index is -0.691. The first-order valence-corrected chi connectivity index (χ1v) is 9.50. The number of amides is 1. The minimum Gasteiger partial charge on any atom is -0.507 e. The van der Waals surface area contributed by atoms with Crippen molar-refractivity contribution in [3.05, 3.63) is 65.2 Å². The second kappa shape index (κ2) is 7.60. The number of carbonyl (C=O) groups is 2. The number of aliphatic hydroxyl groups is 1. The first-order chi connectivity index (χ1) is 14.0. The molecule has 0 aromatic heterocycles. The lowest BCUT2D eigenvalue weighted by molar-refractivity contribution is -0.857. The minimum absolute atomic E-state index is 0.0915. The second-order valence-electron chi connectivity index (χ2n) is 7.43. The third kappa shape index (κ3) is 3.45. The zero-order valence-electron chi connectivity index (χ0n) is 16.3. The van der Waals surface area contributed by atoms with Crippen LogP contribution in [0.25, 0.3) is 5.76 Å². The SMILES string of the molecule is C[NH+](C)CCN1C(=O)C(=O)C(=C(O)c2ccccc2)[C@@H]1c1ccc2c(c1)OCO2. The molecule has 4 rings (SSSR count). The Hall–Kier alpha value is -3.32. The van der Waals surface area contributed by atoms with Gasteiger partial charge < -0.3 is 24.4 Å². The van der Waals surface area contributed by atoms with E-state index in [0.717, 1.165) is 4.90 Å². The molecule has 2 aromatic carbocycles. The van der Waals surface area contributed by atoms with Crippen LogP contribution in [0, 0.1) is 0 Å². The number of rotatable bonds is 5. The number of hydrogen-bond acceptors (Lipinski definition) is 5. The molecule has 7 nitrogen and oxygen atoms in total. The summed E-state index contributed by atoms with van der Waals surface area (Å²) in [5, 5.41) is 10.9. The number of aliphatic hydroxyl groups excluding tert-OH is 1. The van der Waals surface area contributed by atoms with Gasteiger partial charge in [0.15, 0.2) is 11.5 Å². The van der Waals surface area contributed by atoms with Crippen LogP contribution in [-0.2, 0) is 9.59 Å². The van der Waals surface area contributed by atoms with Crippen LogP contribution in [0.1, 0.15) is 17.2 Å². The predicted molar refractivity (Wildman–Crippen MR) is 106 cm³/mol. The number of Topliss-reactive ketones (excluding diaryl/α,β-unsaturated/α-hetero) is 1. The molecule has 2 heterocycles. The van der Waals surface area contributed by atoms with E-state index in [0.29, 0.717) is 35.7 Å². The van der Waals surface area contributed by atoms with E-state index in [2.05, 4.69) is 0 Å². The van der Waals surface area contributed by atoms with Gasteiger partial charge in [-0.3, -0.25) is 9.59 Å². The number of benzene rings is 2. The Morgan fingerprint density at radius 3 is 2.55 bits per heavy atom. The van der Waals surface area contributed by atoms with E-state index in [1.165, 1.54) is 4.90 Å². The fourth-order valence-corrected chi connectivity index (χ4v) is 3.64. The lowest BCUT2D eigenvalue weighted by atomic mass is 9.95. The summed E-state index contributed by atoms with van der Waals surface area (Å²) in [6, 6.07) is 13.4. The van der Waals surface area contributed by atoms with Crippen molar-refractivity contribution in [2.45, 2.75) is 6.04 Å². The Morgan fingerprint density at radius 2 is 1.83 bits per heavy atom. The highest BCUT2D eigenvalue weighted by atomic mass is 16.7. The molecule has 2 aliphatic heterocycles. The van der Waals surface area contributed by atoms with Crippen molar-refractivity contribution in [2.75, 3.05) is 34.0 Å². The molecule has 0 radical (unpaired) electrons. The van der Waals surface area contributed by atoms with Gasteiger partial charge in [0.1, 0.15) is 5.76 Å². The first kappa shape index (κ1) is 19.0. The van der Waals surface area contributed by atoms with E-state index in [1.807, 2.05) is 20.2 Å². The Bertz CT molecular complexity index is 984. The van der Waals surface area contributed by atoms with Crippen LogP contribution in [0.15, 0.2) is 54.1 Å². The van der Waals surface area contributed by atoms with Crippen molar-refractivity contribution in [1.29, 1.82) is 0 Å². The quantitative estimate of drug-likeness (QED) is 0.448. The summed E-state index contributed by atoms with van der Waals surface area (Å²) >= 11 is 0. The van der Waals surface area contributed by atoms with Gasteiger partial charge in [0.05, 0.1) is 38.8 Å². The zero-order valence-corrected chi connectivity index (χ0v) is 16.3. The fraction of sp³-hybridized carbons (Fsp3) is 0.273. The Morgan fingerprint density at radius 1 is 1.10 bits per heavy atom. The van der Waals surface area contributed by atoms with E-state index in [-0.39, 0.29) is 18.1 Å². The van der Waals surface area contributed by atoms with Crippen molar-refractivity contribution in [1.82, 2.24) is 4.90 Å². The molecule has 29 heavy (non-hydrogen) atoms. The molecule has 150 valence electrons. The van der Waals surface area contributed by atoms with Crippen LogP contribution >= 0.6 is 0 Å². The number of quaternary nitrogens is 1. The molecule has 0 saturated carbocycles. The monoisotopic (exact) mass is 395 g/mol.